The highest BCUT2D eigenvalue weighted by atomic mass is 16.1. The second-order valence-electron chi connectivity index (χ2n) is 3.24. The van der Waals surface area contributed by atoms with Gasteiger partial charge in [-0.3, -0.25) is 4.79 Å². The molecular formula is C10H16N4O. The Hall–Kier alpha value is -1.78. The average Bonchev–Trinajstić information content (AvgIpc) is 2.20. The SMILES string of the molecule is CC(=O)NCCCNc1ccc(N)nc1. The monoisotopic (exact) mass is 208 g/mol. The van der Waals surface area contributed by atoms with E-state index in [9.17, 15) is 4.79 Å². The Bertz CT molecular complexity index is 310. The first kappa shape index (κ1) is 11.3. The third kappa shape index (κ3) is 4.85. The highest BCUT2D eigenvalue weighted by Crippen LogP contribution is 2.06. The molecular weight excluding hydrogens is 192 g/mol. The Kier molecular flexibility index (Phi) is 4.40. The summed E-state index contributed by atoms with van der Waals surface area (Å²) in [5.41, 5.74) is 6.39. The molecule has 1 aromatic heterocycles. The minimum atomic E-state index is 0.00384. The Morgan fingerprint density at radius 3 is 2.87 bits per heavy atom. The fourth-order valence-corrected chi connectivity index (χ4v) is 1.10. The second kappa shape index (κ2) is 5.85. The lowest BCUT2D eigenvalue weighted by Crippen LogP contribution is -2.22. The summed E-state index contributed by atoms with van der Waals surface area (Å²) in [4.78, 5) is 14.5. The molecule has 0 aliphatic heterocycles. The van der Waals surface area contributed by atoms with Crippen LogP contribution < -0.4 is 16.4 Å². The highest BCUT2D eigenvalue weighted by molar-refractivity contribution is 5.72. The summed E-state index contributed by atoms with van der Waals surface area (Å²) < 4.78 is 0. The highest BCUT2D eigenvalue weighted by Gasteiger charge is 1.93. The minimum absolute atomic E-state index is 0.00384. The summed E-state index contributed by atoms with van der Waals surface area (Å²) in [5.74, 6) is 0.517. The third-order valence-electron chi connectivity index (χ3n) is 1.84. The molecule has 5 nitrogen and oxygen atoms in total. The van der Waals surface area contributed by atoms with E-state index >= 15 is 0 Å². The van der Waals surface area contributed by atoms with Crippen LogP contribution in [0.25, 0.3) is 0 Å². The largest absolute Gasteiger partial charge is 0.384 e. The molecule has 1 rings (SSSR count). The van der Waals surface area contributed by atoms with Crippen LogP contribution >= 0.6 is 0 Å². The lowest BCUT2D eigenvalue weighted by Gasteiger charge is -2.06. The van der Waals surface area contributed by atoms with Gasteiger partial charge in [-0.15, -0.1) is 0 Å². The van der Waals surface area contributed by atoms with E-state index in [1.54, 1.807) is 12.3 Å². The molecule has 0 saturated heterocycles. The van der Waals surface area contributed by atoms with Gasteiger partial charge in [-0.1, -0.05) is 0 Å². The summed E-state index contributed by atoms with van der Waals surface area (Å²) in [6.07, 6.45) is 2.57. The number of nitrogens with one attached hydrogen (secondary N) is 2. The summed E-state index contributed by atoms with van der Waals surface area (Å²) in [5, 5.41) is 5.90. The fraction of sp³-hybridized carbons (Fsp3) is 0.400. The number of pyridine rings is 1. The van der Waals surface area contributed by atoms with Gasteiger partial charge in [-0.2, -0.15) is 0 Å². The van der Waals surface area contributed by atoms with Crippen LogP contribution in [0, 0.1) is 0 Å². The van der Waals surface area contributed by atoms with Crippen LogP contribution in [0.3, 0.4) is 0 Å². The molecule has 0 aliphatic carbocycles. The molecule has 4 N–H and O–H groups in total. The van der Waals surface area contributed by atoms with Crippen molar-refractivity contribution in [2.45, 2.75) is 13.3 Å². The number of aromatic nitrogens is 1. The van der Waals surface area contributed by atoms with Crippen LogP contribution in [0.1, 0.15) is 13.3 Å². The predicted molar refractivity (Wildman–Crippen MR) is 60.4 cm³/mol. The summed E-state index contributed by atoms with van der Waals surface area (Å²) in [6, 6.07) is 3.62. The van der Waals surface area contributed by atoms with Crippen molar-refractivity contribution in [2.75, 3.05) is 24.1 Å². The quantitative estimate of drug-likeness (QED) is 0.619. The van der Waals surface area contributed by atoms with Gasteiger partial charge in [0.05, 0.1) is 11.9 Å². The van der Waals surface area contributed by atoms with Crippen molar-refractivity contribution in [3.05, 3.63) is 18.3 Å². The first-order valence-electron chi connectivity index (χ1n) is 4.88. The first-order valence-corrected chi connectivity index (χ1v) is 4.88. The molecule has 1 aromatic rings. The van der Waals surface area contributed by atoms with Gasteiger partial charge >= 0.3 is 0 Å². The van der Waals surface area contributed by atoms with E-state index in [1.165, 1.54) is 6.92 Å². The predicted octanol–water partition coefficient (Wildman–Crippen LogP) is 0.602. The molecule has 5 heteroatoms. The van der Waals surface area contributed by atoms with E-state index < -0.39 is 0 Å². The average molecular weight is 208 g/mol. The number of anilines is 2. The zero-order valence-corrected chi connectivity index (χ0v) is 8.79. The topological polar surface area (TPSA) is 80.0 Å². The number of rotatable bonds is 5. The number of nitrogens with zero attached hydrogens (tertiary/aromatic N) is 1. The van der Waals surface area contributed by atoms with E-state index in [2.05, 4.69) is 15.6 Å². The number of amides is 1. The lowest BCUT2D eigenvalue weighted by atomic mass is 10.3. The molecule has 0 fully saturated rings. The minimum Gasteiger partial charge on any atom is -0.384 e. The first-order chi connectivity index (χ1) is 7.18. The van der Waals surface area contributed by atoms with Crippen LogP contribution in [0.2, 0.25) is 0 Å². The molecule has 0 bridgehead atoms. The van der Waals surface area contributed by atoms with E-state index in [4.69, 9.17) is 5.73 Å². The van der Waals surface area contributed by atoms with Gasteiger partial charge in [0.1, 0.15) is 5.82 Å². The molecule has 0 spiro atoms. The van der Waals surface area contributed by atoms with Crippen molar-refractivity contribution in [2.24, 2.45) is 0 Å². The van der Waals surface area contributed by atoms with Crippen molar-refractivity contribution in [1.29, 1.82) is 0 Å². The van der Waals surface area contributed by atoms with Crippen molar-refractivity contribution in [3.63, 3.8) is 0 Å². The van der Waals surface area contributed by atoms with Crippen LogP contribution in [0.5, 0.6) is 0 Å². The zero-order valence-electron chi connectivity index (χ0n) is 8.79. The van der Waals surface area contributed by atoms with Crippen LogP contribution in [-0.2, 0) is 4.79 Å². The number of hydrogen-bond donors (Lipinski definition) is 3. The molecule has 0 saturated carbocycles. The number of carbonyl (C=O) groups excluding carboxylic acids is 1. The smallest absolute Gasteiger partial charge is 0.216 e. The van der Waals surface area contributed by atoms with Crippen molar-refractivity contribution < 1.29 is 4.79 Å². The van der Waals surface area contributed by atoms with Crippen LogP contribution in [-0.4, -0.2) is 24.0 Å². The molecule has 0 atom stereocenters. The molecule has 15 heavy (non-hydrogen) atoms. The molecule has 0 aromatic carbocycles. The Morgan fingerprint density at radius 2 is 2.27 bits per heavy atom. The standard InChI is InChI=1S/C10H16N4O/c1-8(15)12-5-2-6-13-9-3-4-10(11)14-7-9/h3-4,7,13H,2,5-6H2,1H3,(H2,11,14)(H,12,15). The maximum absolute atomic E-state index is 10.6. The number of nitrogens with two attached hydrogens (primary N) is 1. The van der Waals surface area contributed by atoms with Gasteiger partial charge in [-0.25, -0.2) is 4.98 Å². The molecule has 82 valence electrons. The van der Waals surface area contributed by atoms with E-state index in [-0.39, 0.29) is 5.91 Å². The second-order valence-corrected chi connectivity index (χ2v) is 3.24. The maximum atomic E-state index is 10.6. The normalized spacial score (nSPS) is 9.67. The van der Waals surface area contributed by atoms with Gasteiger partial charge in [0.15, 0.2) is 0 Å². The Labute approximate surface area is 89.1 Å². The molecule has 1 amide bonds. The third-order valence-corrected chi connectivity index (χ3v) is 1.84. The van der Waals surface area contributed by atoms with Gasteiger partial charge in [0.2, 0.25) is 5.91 Å². The van der Waals surface area contributed by atoms with Gasteiger partial charge < -0.3 is 16.4 Å². The summed E-state index contributed by atoms with van der Waals surface area (Å²) >= 11 is 0. The van der Waals surface area contributed by atoms with Crippen molar-refractivity contribution in [3.8, 4) is 0 Å². The lowest BCUT2D eigenvalue weighted by molar-refractivity contribution is -0.118. The number of carbonyl (C=O) groups is 1. The molecule has 0 radical (unpaired) electrons. The summed E-state index contributed by atoms with van der Waals surface area (Å²) in [6.45, 7) is 2.99. The van der Waals surface area contributed by atoms with E-state index in [0.29, 0.717) is 12.4 Å². The molecule has 0 aliphatic rings. The Balaban J connectivity index is 2.15. The van der Waals surface area contributed by atoms with E-state index in [1.807, 2.05) is 6.07 Å². The van der Waals surface area contributed by atoms with E-state index in [0.717, 1.165) is 18.7 Å². The Morgan fingerprint density at radius 1 is 1.47 bits per heavy atom. The van der Waals surface area contributed by atoms with Gasteiger partial charge in [-0.05, 0) is 18.6 Å². The van der Waals surface area contributed by atoms with Gasteiger partial charge in [0.25, 0.3) is 0 Å². The van der Waals surface area contributed by atoms with Crippen molar-refractivity contribution >= 4 is 17.4 Å². The fourth-order valence-electron chi connectivity index (χ4n) is 1.10. The van der Waals surface area contributed by atoms with Gasteiger partial charge in [0, 0.05) is 20.0 Å². The van der Waals surface area contributed by atoms with Crippen LogP contribution in [0.15, 0.2) is 18.3 Å². The zero-order chi connectivity index (χ0) is 11.1. The van der Waals surface area contributed by atoms with Crippen molar-refractivity contribution in [1.82, 2.24) is 10.3 Å². The maximum Gasteiger partial charge on any atom is 0.216 e. The molecule has 1 heterocycles. The van der Waals surface area contributed by atoms with Crippen LogP contribution in [0.4, 0.5) is 11.5 Å². The molecule has 0 unspecified atom stereocenters. The number of hydrogen-bond acceptors (Lipinski definition) is 4. The summed E-state index contributed by atoms with van der Waals surface area (Å²) in [7, 11) is 0. The number of nitrogen functional groups attached to an aromatic ring is 1.